The van der Waals surface area contributed by atoms with E-state index < -0.39 is 5.60 Å². The summed E-state index contributed by atoms with van der Waals surface area (Å²) in [6.45, 7) is 4.60. The first-order valence-corrected chi connectivity index (χ1v) is 5.61. The third-order valence-electron chi connectivity index (χ3n) is 4.22. The smallest absolute Gasteiger partial charge is 0.118 e. The SMILES string of the molecule is C[C@]1(O)CCC[N@@+]2(C)CCCC[C@@H]12. The van der Waals surface area contributed by atoms with Gasteiger partial charge in [-0.1, -0.05) is 0 Å². The standard InChI is InChI=1S/C11H22NO/c1-11(13)7-5-9-12(2)8-4-3-6-10(11)12/h10,13H,3-9H2,1-2H3/q+1/t10-,11-,12+/m0/s1. The zero-order valence-electron chi connectivity index (χ0n) is 8.92. The second-order valence-corrected chi connectivity index (χ2v) is 5.40. The van der Waals surface area contributed by atoms with Crippen molar-refractivity contribution in [1.29, 1.82) is 0 Å². The van der Waals surface area contributed by atoms with Crippen molar-refractivity contribution in [2.45, 2.75) is 50.7 Å². The van der Waals surface area contributed by atoms with Crippen LogP contribution in [0.5, 0.6) is 0 Å². The molecule has 3 atom stereocenters. The van der Waals surface area contributed by atoms with Crippen molar-refractivity contribution >= 4 is 0 Å². The van der Waals surface area contributed by atoms with Crippen LogP contribution in [0.1, 0.15) is 39.0 Å². The van der Waals surface area contributed by atoms with Gasteiger partial charge in [-0.2, -0.15) is 0 Å². The lowest BCUT2D eigenvalue weighted by Crippen LogP contribution is -2.66. The Hall–Kier alpha value is -0.0800. The zero-order valence-corrected chi connectivity index (χ0v) is 8.92. The van der Waals surface area contributed by atoms with E-state index in [0.29, 0.717) is 6.04 Å². The van der Waals surface area contributed by atoms with Gasteiger partial charge in [0.1, 0.15) is 11.6 Å². The molecule has 2 aliphatic heterocycles. The van der Waals surface area contributed by atoms with E-state index in [2.05, 4.69) is 7.05 Å². The molecule has 2 saturated heterocycles. The molecule has 76 valence electrons. The molecule has 1 N–H and O–H groups in total. The zero-order chi connectivity index (χ0) is 9.53. The molecular formula is C11H22NO+. The van der Waals surface area contributed by atoms with E-state index in [-0.39, 0.29) is 0 Å². The highest BCUT2D eigenvalue weighted by Gasteiger charge is 2.49. The Morgan fingerprint density at radius 3 is 2.62 bits per heavy atom. The molecule has 2 nitrogen and oxygen atoms in total. The normalized spacial score (nSPS) is 51.5. The largest absolute Gasteiger partial charge is 0.384 e. The molecule has 0 aromatic heterocycles. The van der Waals surface area contributed by atoms with Gasteiger partial charge in [0.15, 0.2) is 0 Å². The Balaban J connectivity index is 2.21. The summed E-state index contributed by atoms with van der Waals surface area (Å²) in [5.41, 5.74) is -0.395. The number of rotatable bonds is 0. The monoisotopic (exact) mass is 184 g/mol. The van der Waals surface area contributed by atoms with Crippen LogP contribution in [0.4, 0.5) is 0 Å². The van der Waals surface area contributed by atoms with Crippen molar-refractivity contribution in [3.05, 3.63) is 0 Å². The minimum Gasteiger partial charge on any atom is -0.384 e. The molecule has 2 heteroatoms. The van der Waals surface area contributed by atoms with Crippen LogP contribution in [0.15, 0.2) is 0 Å². The fraction of sp³-hybridized carbons (Fsp3) is 1.00. The van der Waals surface area contributed by atoms with Gasteiger partial charge < -0.3 is 9.59 Å². The van der Waals surface area contributed by atoms with Gasteiger partial charge in [0.25, 0.3) is 0 Å². The van der Waals surface area contributed by atoms with E-state index in [1.54, 1.807) is 0 Å². The van der Waals surface area contributed by atoms with Gasteiger partial charge in [0.2, 0.25) is 0 Å². The number of aliphatic hydroxyl groups is 1. The van der Waals surface area contributed by atoms with Crippen LogP contribution in [-0.2, 0) is 0 Å². The van der Waals surface area contributed by atoms with E-state index in [9.17, 15) is 5.11 Å². The molecule has 2 heterocycles. The van der Waals surface area contributed by atoms with Gasteiger partial charge in [-0.15, -0.1) is 0 Å². The summed E-state index contributed by atoms with van der Waals surface area (Å²) in [6, 6.07) is 0.509. The second-order valence-electron chi connectivity index (χ2n) is 5.40. The number of piperidine rings is 2. The lowest BCUT2D eigenvalue weighted by molar-refractivity contribution is -0.950. The molecule has 2 aliphatic rings. The van der Waals surface area contributed by atoms with Crippen molar-refractivity contribution < 1.29 is 9.59 Å². The molecule has 2 rings (SSSR count). The fourth-order valence-electron chi connectivity index (χ4n) is 3.49. The molecule has 0 aliphatic carbocycles. The predicted octanol–water partition coefficient (Wildman–Crippen LogP) is 1.53. The first-order chi connectivity index (χ1) is 6.05. The molecule has 13 heavy (non-hydrogen) atoms. The number of hydrogen-bond donors (Lipinski definition) is 1. The van der Waals surface area contributed by atoms with Crippen LogP contribution in [0, 0.1) is 0 Å². The van der Waals surface area contributed by atoms with Crippen LogP contribution >= 0.6 is 0 Å². The van der Waals surface area contributed by atoms with Gasteiger partial charge in [-0.3, -0.25) is 0 Å². The molecule has 0 unspecified atom stereocenters. The third-order valence-corrected chi connectivity index (χ3v) is 4.22. The summed E-state index contributed by atoms with van der Waals surface area (Å²) < 4.78 is 1.13. The van der Waals surface area contributed by atoms with Crippen LogP contribution in [0.25, 0.3) is 0 Å². The molecular weight excluding hydrogens is 162 g/mol. The van der Waals surface area contributed by atoms with Crippen LogP contribution < -0.4 is 0 Å². The lowest BCUT2D eigenvalue weighted by atomic mass is 9.79. The second kappa shape index (κ2) is 2.96. The summed E-state index contributed by atoms with van der Waals surface area (Å²) in [6.07, 6.45) is 6.09. The number of hydrogen-bond acceptors (Lipinski definition) is 1. The summed E-state index contributed by atoms with van der Waals surface area (Å²) in [4.78, 5) is 0. The number of nitrogens with zero attached hydrogens (tertiary/aromatic N) is 1. The van der Waals surface area contributed by atoms with Crippen LogP contribution in [0.2, 0.25) is 0 Å². The highest BCUT2D eigenvalue weighted by Crippen LogP contribution is 2.38. The van der Waals surface area contributed by atoms with E-state index in [1.165, 1.54) is 38.8 Å². The van der Waals surface area contributed by atoms with E-state index in [0.717, 1.165) is 10.9 Å². The molecule has 0 radical (unpaired) electrons. The Bertz CT molecular complexity index is 198. The molecule has 0 aromatic rings. The molecule has 0 spiro atoms. The molecule has 0 amide bonds. The Kier molecular flexibility index (Phi) is 2.16. The Morgan fingerprint density at radius 2 is 1.92 bits per heavy atom. The summed E-state index contributed by atoms with van der Waals surface area (Å²) >= 11 is 0. The Morgan fingerprint density at radius 1 is 1.23 bits per heavy atom. The first kappa shape index (κ1) is 9.47. The predicted molar refractivity (Wildman–Crippen MR) is 53.4 cm³/mol. The van der Waals surface area contributed by atoms with E-state index >= 15 is 0 Å². The molecule has 0 aromatic carbocycles. The summed E-state index contributed by atoms with van der Waals surface area (Å²) in [5.74, 6) is 0. The van der Waals surface area contributed by atoms with Gasteiger partial charge in [-0.25, -0.2) is 0 Å². The number of fused-ring (bicyclic) bond motifs is 1. The van der Waals surface area contributed by atoms with Crippen molar-refractivity contribution in [3.8, 4) is 0 Å². The highest BCUT2D eigenvalue weighted by atomic mass is 16.3. The maximum atomic E-state index is 10.3. The van der Waals surface area contributed by atoms with E-state index in [4.69, 9.17) is 0 Å². The van der Waals surface area contributed by atoms with Crippen molar-refractivity contribution in [2.75, 3.05) is 20.1 Å². The fourth-order valence-corrected chi connectivity index (χ4v) is 3.49. The van der Waals surface area contributed by atoms with Crippen LogP contribution in [-0.4, -0.2) is 41.4 Å². The Labute approximate surface area is 81.1 Å². The first-order valence-electron chi connectivity index (χ1n) is 5.61. The van der Waals surface area contributed by atoms with Gasteiger partial charge in [0, 0.05) is 6.42 Å². The minimum absolute atomic E-state index is 0.395. The highest BCUT2D eigenvalue weighted by molar-refractivity contribution is 4.88. The number of likely N-dealkylation sites (N-methyl/N-ethyl adjacent to an activating group) is 1. The van der Waals surface area contributed by atoms with Crippen molar-refractivity contribution in [2.24, 2.45) is 0 Å². The summed E-state index contributed by atoms with van der Waals surface area (Å²) in [5, 5.41) is 10.3. The third kappa shape index (κ3) is 1.50. The average molecular weight is 184 g/mol. The van der Waals surface area contributed by atoms with Gasteiger partial charge >= 0.3 is 0 Å². The maximum absolute atomic E-state index is 10.3. The molecule has 0 saturated carbocycles. The van der Waals surface area contributed by atoms with Gasteiger partial charge in [0.05, 0.1) is 20.1 Å². The lowest BCUT2D eigenvalue weighted by Gasteiger charge is -2.53. The summed E-state index contributed by atoms with van der Waals surface area (Å²) in [7, 11) is 2.33. The van der Waals surface area contributed by atoms with Crippen molar-refractivity contribution in [3.63, 3.8) is 0 Å². The van der Waals surface area contributed by atoms with Gasteiger partial charge in [-0.05, 0) is 32.6 Å². The maximum Gasteiger partial charge on any atom is 0.118 e. The quantitative estimate of drug-likeness (QED) is 0.566. The topological polar surface area (TPSA) is 20.2 Å². The average Bonchev–Trinajstić information content (AvgIpc) is 2.02. The van der Waals surface area contributed by atoms with Crippen molar-refractivity contribution in [1.82, 2.24) is 0 Å². The molecule has 2 fully saturated rings. The van der Waals surface area contributed by atoms with Crippen LogP contribution in [0.3, 0.4) is 0 Å². The minimum atomic E-state index is -0.395. The molecule has 0 bridgehead atoms. The number of quaternary nitrogens is 1. The van der Waals surface area contributed by atoms with E-state index in [1.807, 2.05) is 6.92 Å².